The minimum atomic E-state index is -0.751. The number of hydrogen-bond donors (Lipinski definition) is 3. The zero-order valence-corrected chi connectivity index (χ0v) is 11.6. The lowest BCUT2D eigenvalue weighted by Gasteiger charge is -2.13. The SMILES string of the molecule is Cc1ccc(NC(=O)[C@@H](N)Cc2ccc(O)cc2)cc1F. The van der Waals surface area contributed by atoms with Crippen molar-refractivity contribution < 1.29 is 14.3 Å². The maximum Gasteiger partial charge on any atom is 0.241 e. The first-order chi connectivity index (χ1) is 9.95. The Labute approximate surface area is 122 Å². The number of rotatable bonds is 4. The molecule has 4 nitrogen and oxygen atoms in total. The van der Waals surface area contributed by atoms with Gasteiger partial charge in [0.2, 0.25) is 5.91 Å². The normalized spacial score (nSPS) is 12.0. The lowest BCUT2D eigenvalue weighted by Crippen LogP contribution is -2.37. The van der Waals surface area contributed by atoms with Gasteiger partial charge in [-0.2, -0.15) is 0 Å². The molecule has 2 aromatic carbocycles. The summed E-state index contributed by atoms with van der Waals surface area (Å²) in [5.41, 5.74) is 7.57. The number of nitrogens with one attached hydrogen (secondary N) is 1. The van der Waals surface area contributed by atoms with Crippen LogP contribution in [-0.4, -0.2) is 17.1 Å². The van der Waals surface area contributed by atoms with E-state index in [4.69, 9.17) is 5.73 Å². The van der Waals surface area contributed by atoms with Gasteiger partial charge in [-0.15, -0.1) is 0 Å². The predicted octanol–water partition coefficient (Wildman–Crippen LogP) is 2.35. The third kappa shape index (κ3) is 4.03. The molecule has 0 bridgehead atoms. The Morgan fingerprint density at radius 3 is 2.57 bits per heavy atom. The van der Waals surface area contributed by atoms with E-state index in [-0.39, 0.29) is 17.5 Å². The number of carbonyl (C=O) groups is 1. The zero-order chi connectivity index (χ0) is 15.4. The molecule has 0 saturated heterocycles. The summed E-state index contributed by atoms with van der Waals surface area (Å²) in [4.78, 5) is 12.0. The molecule has 0 saturated carbocycles. The largest absolute Gasteiger partial charge is 0.508 e. The second-order valence-electron chi connectivity index (χ2n) is 4.93. The van der Waals surface area contributed by atoms with Crippen molar-refractivity contribution in [2.45, 2.75) is 19.4 Å². The van der Waals surface area contributed by atoms with Gasteiger partial charge in [-0.25, -0.2) is 4.39 Å². The molecule has 0 aliphatic rings. The van der Waals surface area contributed by atoms with Crippen LogP contribution < -0.4 is 11.1 Å². The molecule has 0 aromatic heterocycles. The van der Waals surface area contributed by atoms with Crippen LogP contribution in [0.15, 0.2) is 42.5 Å². The molecule has 2 rings (SSSR count). The number of phenols is 1. The van der Waals surface area contributed by atoms with Crippen LogP contribution in [0.3, 0.4) is 0 Å². The van der Waals surface area contributed by atoms with Crippen molar-refractivity contribution in [1.82, 2.24) is 0 Å². The van der Waals surface area contributed by atoms with Crippen LogP contribution in [0.2, 0.25) is 0 Å². The van der Waals surface area contributed by atoms with Crippen LogP contribution in [0, 0.1) is 12.7 Å². The van der Waals surface area contributed by atoms with Crippen LogP contribution in [0.25, 0.3) is 0 Å². The molecule has 2 aromatic rings. The van der Waals surface area contributed by atoms with Gasteiger partial charge < -0.3 is 16.2 Å². The van der Waals surface area contributed by atoms with Gasteiger partial charge >= 0.3 is 0 Å². The van der Waals surface area contributed by atoms with Gasteiger partial charge in [0.05, 0.1) is 6.04 Å². The van der Waals surface area contributed by atoms with Crippen molar-refractivity contribution in [3.63, 3.8) is 0 Å². The fraction of sp³-hybridized carbons (Fsp3) is 0.188. The van der Waals surface area contributed by atoms with Crippen LogP contribution in [0.4, 0.5) is 10.1 Å². The van der Waals surface area contributed by atoms with Gasteiger partial charge in [0.1, 0.15) is 11.6 Å². The molecule has 1 amide bonds. The summed E-state index contributed by atoms with van der Waals surface area (Å²) in [6, 6.07) is 10.2. The standard InChI is InChI=1S/C16H17FN2O2/c1-10-2-5-12(9-14(10)17)19-16(21)15(18)8-11-3-6-13(20)7-4-11/h2-7,9,15,20H,8,18H2,1H3,(H,19,21)/t15-/m0/s1. The van der Waals surface area contributed by atoms with Crippen molar-refractivity contribution in [3.8, 4) is 5.75 Å². The van der Waals surface area contributed by atoms with Crippen LogP contribution >= 0.6 is 0 Å². The Kier molecular flexibility index (Phi) is 4.55. The van der Waals surface area contributed by atoms with Gasteiger partial charge in [-0.3, -0.25) is 4.79 Å². The molecule has 110 valence electrons. The Morgan fingerprint density at radius 2 is 1.95 bits per heavy atom. The molecule has 1 atom stereocenters. The van der Waals surface area contributed by atoms with Gasteiger partial charge in [-0.1, -0.05) is 18.2 Å². The van der Waals surface area contributed by atoms with Crippen LogP contribution in [0.5, 0.6) is 5.75 Å². The molecule has 0 aliphatic heterocycles. The topological polar surface area (TPSA) is 75.4 Å². The first-order valence-electron chi connectivity index (χ1n) is 6.56. The van der Waals surface area contributed by atoms with E-state index in [2.05, 4.69) is 5.32 Å². The lowest BCUT2D eigenvalue weighted by molar-refractivity contribution is -0.117. The average molecular weight is 288 g/mol. The number of carbonyl (C=O) groups excluding carboxylic acids is 1. The Bertz CT molecular complexity index is 641. The summed E-state index contributed by atoms with van der Waals surface area (Å²) in [6.45, 7) is 1.65. The molecule has 21 heavy (non-hydrogen) atoms. The van der Waals surface area contributed by atoms with Crippen molar-refractivity contribution in [3.05, 3.63) is 59.4 Å². The van der Waals surface area contributed by atoms with E-state index in [1.54, 1.807) is 31.2 Å². The first-order valence-corrected chi connectivity index (χ1v) is 6.56. The maximum absolute atomic E-state index is 13.4. The highest BCUT2D eigenvalue weighted by atomic mass is 19.1. The molecule has 4 N–H and O–H groups in total. The third-order valence-corrected chi connectivity index (χ3v) is 3.17. The highest BCUT2D eigenvalue weighted by molar-refractivity contribution is 5.94. The number of benzene rings is 2. The number of halogens is 1. The Morgan fingerprint density at radius 1 is 1.29 bits per heavy atom. The number of phenolic OH excluding ortho intramolecular Hbond substituents is 1. The number of nitrogens with two attached hydrogens (primary N) is 1. The molecule has 0 unspecified atom stereocenters. The first kappa shape index (κ1) is 15.0. The smallest absolute Gasteiger partial charge is 0.241 e. The van der Waals surface area contributed by atoms with Crippen molar-refractivity contribution in [2.24, 2.45) is 5.73 Å². The van der Waals surface area contributed by atoms with Crippen molar-refractivity contribution in [1.29, 1.82) is 0 Å². The van der Waals surface area contributed by atoms with E-state index in [9.17, 15) is 14.3 Å². The summed E-state index contributed by atoms with van der Waals surface area (Å²) >= 11 is 0. The molecular formula is C16H17FN2O2. The number of hydrogen-bond acceptors (Lipinski definition) is 3. The number of anilines is 1. The van der Waals surface area contributed by atoms with Gasteiger partial charge in [0, 0.05) is 5.69 Å². The fourth-order valence-corrected chi connectivity index (χ4v) is 1.88. The molecule has 5 heteroatoms. The van der Waals surface area contributed by atoms with Crippen molar-refractivity contribution in [2.75, 3.05) is 5.32 Å². The van der Waals surface area contributed by atoms with E-state index in [1.165, 1.54) is 18.2 Å². The summed E-state index contributed by atoms with van der Waals surface area (Å²) < 4.78 is 13.4. The zero-order valence-electron chi connectivity index (χ0n) is 11.6. The van der Waals surface area contributed by atoms with Crippen molar-refractivity contribution >= 4 is 11.6 Å². The summed E-state index contributed by atoms with van der Waals surface area (Å²) in [5.74, 6) is -0.599. The lowest BCUT2D eigenvalue weighted by atomic mass is 10.1. The molecule has 0 heterocycles. The minimum absolute atomic E-state index is 0.159. The van der Waals surface area contributed by atoms with Gasteiger partial charge in [0.15, 0.2) is 0 Å². The molecule has 0 radical (unpaired) electrons. The monoisotopic (exact) mass is 288 g/mol. The van der Waals surface area contributed by atoms with E-state index >= 15 is 0 Å². The maximum atomic E-state index is 13.4. The predicted molar refractivity (Wildman–Crippen MR) is 79.6 cm³/mol. The van der Waals surface area contributed by atoms with Gasteiger partial charge in [0.25, 0.3) is 0 Å². The molecule has 0 fully saturated rings. The minimum Gasteiger partial charge on any atom is -0.508 e. The van der Waals surface area contributed by atoms with E-state index in [0.717, 1.165) is 5.56 Å². The Hall–Kier alpha value is -2.40. The molecule has 0 spiro atoms. The summed E-state index contributed by atoms with van der Waals surface area (Å²) in [5, 5.41) is 11.8. The summed E-state index contributed by atoms with van der Waals surface area (Å²) in [6.07, 6.45) is 0.334. The number of amides is 1. The number of aromatic hydroxyl groups is 1. The van der Waals surface area contributed by atoms with E-state index < -0.39 is 6.04 Å². The fourth-order valence-electron chi connectivity index (χ4n) is 1.88. The highest BCUT2D eigenvalue weighted by Crippen LogP contribution is 2.15. The second kappa shape index (κ2) is 6.37. The molecular weight excluding hydrogens is 271 g/mol. The van der Waals surface area contributed by atoms with E-state index in [0.29, 0.717) is 17.7 Å². The average Bonchev–Trinajstić information content (AvgIpc) is 2.45. The summed E-state index contributed by atoms with van der Waals surface area (Å²) in [7, 11) is 0. The van der Waals surface area contributed by atoms with Crippen LogP contribution in [-0.2, 0) is 11.2 Å². The Balaban J connectivity index is 1.98. The highest BCUT2D eigenvalue weighted by Gasteiger charge is 2.14. The van der Waals surface area contributed by atoms with Gasteiger partial charge in [-0.05, 0) is 48.7 Å². The second-order valence-corrected chi connectivity index (χ2v) is 4.93. The number of aryl methyl sites for hydroxylation is 1. The third-order valence-electron chi connectivity index (χ3n) is 3.17. The quantitative estimate of drug-likeness (QED) is 0.808. The van der Waals surface area contributed by atoms with E-state index in [1.807, 2.05) is 0 Å². The van der Waals surface area contributed by atoms with Crippen LogP contribution in [0.1, 0.15) is 11.1 Å². The molecule has 0 aliphatic carbocycles.